The van der Waals surface area contributed by atoms with Crippen molar-refractivity contribution in [3.8, 4) is 5.75 Å². The van der Waals surface area contributed by atoms with Gasteiger partial charge < -0.3 is 4.74 Å². The second-order valence-corrected chi connectivity index (χ2v) is 5.25. The Bertz CT molecular complexity index is 575. The van der Waals surface area contributed by atoms with Gasteiger partial charge in [-0.2, -0.15) is 5.10 Å². The number of benzene rings is 1. The molecule has 0 radical (unpaired) electrons. The number of nitrogens with zero attached hydrogens (tertiary/aromatic N) is 2. The van der Waals surface area contributed by atoms with E-state index in [0.717, 1.165) is 33.7 Å². The molecule has 0 unspecified atom stereocenters. The SMILES string of the molecule is COc1ccc(C)cc1Cn1nc(C)c(Br)c1C. The summed E-state index contributed by atoms with van der Waals surface area (Å²) in [6, 6.07) is 6.20. The van der Waals surface area contributed by atoms with Crippen molar-refractivity contribution in [2.75, 3.05) is 7.11 Å². The topological polar surface area (TPSA) is 27.1 Å². The number of hydrogen-bond donors (Lipinski definition) is 0. The average Bonchev–Trinajstić information content (AvgIpc) is 2.57. The summed E-state index contributed by atoms with van der Waals surface area (Å²) >= 11 is 3.55. The van der Waals surface area contributed by atoms with Crippen LogP contribution < -0.4 is 4.74 Å². The first kappa shape index (κ1) is 13.1. The number of hydrogen-bond acceptors (Lipinski definition) is 2. The zero-order valence-corrected chi connectivity index (χ0v) is 12.7. The third-order valence-electron chi connectivity index (χ3n) is 3.05. The fourth-order valence-electron chi connectivity index (χ4n) is 2.02. The van der Waals surface area contributed by atoms with E-state index < -0.39 is 0 Å². The molecule has 1 aromatic carbocycles. The predicted molar refractivity (Wildman–Crippen MR) is 76.2 cm³/mol. The summed E-state index contributed by atoms with van der Waals surface area (Å²) < 4.78 is 8.47. The quantitative estimate of drug-likeness (QED) is 0.866. The van der Waals surface area contributed by atoms with E-state index in [0.29, 0.717) is 0 Å². The van der Waals surface area contributed by atoms with Crippen molar-refractivity contribution in [2.45, 2.75) is 27.3 Å². The van der Waals surface area contributed by atoms with Crippen molar-refractivity contribution in [3.05, 3.63) is 45.2 Å². The first-order valence-corrected chi connectivity index (χ1v) is 6.65. The molecule has 1 aromatic heterocycles. The van der Waals surface area contributed by atoms with Crippen LogP contribution in [0.3, 0.4) is 0 Å². The molecule has 2 aromatic rings. The molecular formula is C14H17BrN2O. The van der Waals surface area contributed by atoms with Crippen molar-refractivity contribution < 1.29 is 4.74 Å². The van der Waals surface area contributed by atoms with Crippen molar-refractivity contribution in [2.24, 2.45) is 0 Å². The Balaban J connectivity index is 2.39. The van der Waals surface area contributed by atoms with Gasteiger partial charge in [-0.3, -0.25) is 4.68 Å². The van der Waals surface area contributed by atoms with Gasteiger partial charge in [0.25, 0.3) is 0 Å². The van der Waals surface area contributed by atoms with Crippen molar-refractivity contribution in [1.29, 1.82) is 0 Å². The maximum absolute atomic E-state index is 5.40. The standard InChI is InChI=1S/C14H17BrN2O/c1-9-5-6-13(18-4)12(7-9)8-17-11(3)14(15)10(2)16-17/h5-7H,8H2,1-4H3. The van der Waals surface area contributed by atoms with Crippen LogP contribution in [0.25, 0.3) is 0 Å². The molecule has 2 rings (SSSR count). The molecule has 0 fully saturated rings. The highest BCUT2D eigenvalue weighted by Crippen LogP contribution is 2.24. The van der Waals surface area contributed by atoms with Gasteiger partial charge in [-0.25, -0.2) is 0 Å². The third kappa shape index (κ3) is 2.43. The molecule has 1 heterocycles. The lowest BCUT2D eigenvalue weighted by Crippen LogP contribution is -2.05. The highest BCUT2D eigenvalue weighted by Gasteiger charge is 2.11. The normalized spacial score (nSPS) is 10.7. The van der Waals surface area contributed by atoms with E-state index in [4.69, 9.17) is 4.74 Å². The van der Waals surface area contributed by atoms with Gasteiger partial charge in [0.15, 0.2) is 0 Å². The molecule has 18 heavy (non-hydrogen) atoms. The number of aromatic nitrogens is 2. The van der Waals surface area contributed by atoms with Crippen LogP contribution in [-0.2, 0) is 6.54 Å². The summed E-state index contributed by atoms with van der Waals surface area (Å²) in [6.07, 6.45) is 0. The van der Waals surface area contributed by atoms with Crippen LogP contribution in [0, 0.1) is 20.8 Å². The summed E-state index contributed by atoms with van der Waals surface area (Å²) in [4.78, 5) is 0. The van der Waals surface area contributed by atoms with Crippen LogP contribution in [0.1, 0.15) is 22.5 Å². The Morgan fingerprint density at radius 1 is 1.28 bits per heavy atom. The second kappa shape index (κ2) is 5.14. The van der Waals surface area contributed by atoms with Gasteiger partial charge in [-0.1, -0.05) is 17.7 Å². The van der Waals surface area contributed by atoms with Crippen molar-refractivity contribution >= 4 is 15.9 Å². The van der Waals surface area contributed by atoms with Crippen LogP contribution >= 0.6 is 15.9 Å². The van der Waals surface area contributed by atoms with E-state index in [1.807, 2.05) is 17.7 Å². The molecular weight excluding hydrogens is 292 g/mol. The second-order valence-electron chi connectivity index (χ2n) is 4.46. The molecule has 0 saturated heterocycles. The summed E-state index contributed by atoms with van der Waals surface area (Å²) in [5.74, 6) is 0.907. The van der Waals surface area contributed by atoms with E-state index in [2.05, 4.69) is 47.0 Å². The summed E-state index contributed by atoms with van der Waals surface area (Å²) in [5, 5.41) is 4.52. The molecule has 0 spiro atoms. The van der Waals surface area contributed by atoms with Gasteiger partial charge in [0, 0.05) is 5.56 Å². The molecule has 0 N–H and O–H groups in total. The van der Waals surface area contributed by atoms with Crippen LogP contribution in [0.2, 0.25) is 0 Å². The Morgan fingerprint density at radius 3 is 2.56 bits per heavy atom. The Labute approximate surface area is 116 Å². The Morgan fingerprint density at radius 2 is 2.00 bits per heavy atom. The molecule has 0 aliphatic heterocycles. The number of halogens is 1. The smallest absolute Gasteiger partial charge is 0.123 e. The lowest BCUT2D eigenvalue weighted by Gasteiger charge is -2.10. The zero-order chi connectivity index (χ0) is 13.3. The molecule has 0 aliphatic rings. The largest absolute Gasteiger partial charge is 0.496 e. The highest BCUT2D eigenvalue weighted by molar-refractivity contribution is 9.10. The first-order chi connectivity index (χ1) is 8.52. The summed E-state index contributed by atoms with van der Waals surface area (Å²) in [5.41, 5.74) is 4.53. The number of ether oxygens (including phenoxy) is 1. The van der Waals surface area contributed by atoms with Crippen LogP contribution in [0.15, 0.2) is 22.7 Å². The molecule has 0 atom stereocenters. The Kier molecular flexibility index (Phi) is 3.76. The molecule has 0 saturated carbocycles. The maximum atomic E-state index is 5.40. The molecule has 0 amide bonds. The van der Waals surface area contributed by atoms with E-state index in [9.17, 15) is 0 Å². The van der Waals surface area contributed by atoms with Gasteiger partial charge in [0.05, 0.1) is 29.5 Å². The lowest BCUT2D eigenvalue weighted by molar-refractivity contribution is 0.407. The Hall–Kier alpha value is -1.29. The van der Waals surface area contributed by atoms with Crippen molar-refractivity contribution in [1.82, 2.24) is 9.78 Å². The molecule has 96 valence electrons. The van der Waals surface area contributed by atoms with E-state index in [-0.39, 0.29) is 0 Å². The zero-order valence-electron chi connectivity index (χ0n) is 11.1. The van der Waals surface area contributed by atoms with Crippen molar-refractivity contribution in [3.63, 3.8) is 0 Å². The number of methoxy groups -OCH3 is 1. The van der Waals surface area contributed by atoms with Gasteiger partial charge in [-0.05, 0) is 42.8 Å². The van der Waals surface area contributed by atoms with E-state index >= 15 is 0 Å². The fraction of sp³-hybridized carbons (Fsp3) is 0.357. The maximum Gasteiger partial charge on any atom is 0.123 e. The van der Waals surface area contributed by atoms with Gasteiger partial charge in [0.1, 0.15) is 5.75 Å². The van der Waals surface area contributed by atoms with Gasteiger partial charge in [-0.15, -0.1) is 0 Å². The minimum absolute atomic E-state index is 0.725. The number of aryl methyl sites for hydroxylation is 2. The average molecular weight is 309 g/mol. The number of rotatable bonds is 3. The monoisotopic (exact) mass is 308 g/mol. The fourth-order valence-corrected chi connectivity index (χ4v) is 2.31. The van der Waals surface area contributed by atoms with E-state index in [1.54, 1.807) is 7.11 Å². The minimum Gasteiger partial charge on any atom is -0.496 e. The van der Waals surface area contributed by atoms with Crippen LogP contribution in [0.5, 0.6) is 5.75 Å². The first-order valence-electron chi connectivity index (χ1n) is 5.86. The summed E-state index contributed by atoms with van der Waals surface area (Å²) in [6.45, 7) is 6.87. The van der Waals surface area contributed by atoms with Gasteiger partial charge >= 0.3 is 0 Å². The predicted octanol–water partition coefficient (Wildman–Crippen LogP) is 3.63. The van der Waals surface area contributed by atoms with Crippen LogP contribution in [0.4, 0.5) is 0 Å². The molecule has 4 heteroatoms. The molecule has 3 nitrogen and oxygen atoms in total. The van der Waals surface area contributed by atoms with Crippen LogP contribution in [-0.4, -0.2) is 16.9 Å². The summed E-state index contributed by atoms with van der Waals surface area (Å²) in [7, 11) is 1.70. The third-order valence-corrected chi connectivity index (χ3v) is 4.20. The highest BCUT2D eigenvalue weighted by atomic mass is 79.9. The minimum atomic E-state index is 0.725. The lowest BCUT2D eigenvalue weighted by atomic mass is 10.1. The molecule has 0 aliphatic carbocycles. The molecule has 0 bridgehead atoms. The van der Waals surface area contributed by atoms with Gasteiger partial charge in [0.2, 0.25) is 0 Å². The van der Waals surface area contributed by atoms with E-state index in [1.165, 1.54) is 5.56 Å².